The molecule has 0 aliphatic carbocycles. The zero-order valence-electron chi connectivity index (χ0n) is 7.75. The maximum Gasteiger partial charge on any atom is 0.311 e. The summed E-state index contributed by atoms with van der Waals surface area (Å²) in [5, 5.41) is 0. The molecule has 0 amide bonds. The average Bonchev–Trinajstić information content (AvgIpc) is 2.04. The van der Waals surface area contributed by atoms with E-state index < -0.39 is 0 Å². The summed E-state index contributed by atoms with van der Waals surface area (Å²) in [4.78, 5) is 10.9. The van der Waals surface area contributed by atoms with Crippen molar-refractivity contribution in [2.24, 2.45) is 0 Å². The second kappa shape index (κ2) is 7.06. The Kier molecular flexibility index (Phi) is 6.70. The second-order valence-corrected chi connectivity index (χ2v) is 1.99. The van der Waals surface area contributed by atoms with Gasteiger partial charge in [0, 0.05) is 13.7 Å². The van der Waals surface area contributed by atoms with Crippen LogP contribution in [0.3, 0.4) is 0 Å². The van der Waals surface area contributed by atoms with E-state index in [4.69, 9.17) is 14.2 Å². The number of methoxy groups -OCH3 is 1. The van der Waals surface area contributed by atoms with Crippen LogP contribution in [-0.4, -0.2) is 26.3 Å². The van der Waals surface area contributed by atoms with Gasteiger partial charge in [0.2, 0.25) is 6.29 Å². The molecule has 12 heavy (non-hydrogen) atoms. The standard InChI is InChI=1S/C8H15O4/c1-4-11-7(9)6-8(10-3)12-5-2/h4-6H2,1-3H3. The van der Waals surface area contributed by atoms with Gasteiger partial charge in [-0.2, -0.15) is 0 Å². The highest BCUT2D eigenvalue weighted by Gasteiger charge is 2.15. The van der Waals surface area contributed by atoms with Crippen LogP contribution in [0.5, 0.6) is 0 Å². The third-order valence-corrected chi connectivity index (χ3v) is 1.13. The molecule has 0 aliphatic heterocycles. The van der Waals surface area contributed by atoms with Crippen molar-refractivity contribution in [3.8, 4) is 0 Å². The first-order valence-corrected chi connectivity index (χ1v) is 3.92. The lowest BCUT2D eigenvalue weighted by molar-refractivity contribution is -0.147. The SMILES string of the molecule is CCO[C](CC(=O)OCC)OC. The van der Waals surface area contributed by atoms with Crippen LogP contribution in [0.4, 0.5) is 0 Å². The molecule has 71 valence electrons. The fourth-order valence-corrected chi connectivity index (χ4v) is 0.673. The number of esters is 1. The highest BCUT2D eigenvalue weighted by Crippen LogP contribution is 2.09. The summed E-state index contributed by atoms with van der Waals surface area (Å²) >= 11 is 0. The molecule has 0 saturated carbocycles. The first-order valence-electron chi connectivity index (χ1n) is 3.92. The zero-order chi connectivity index (χ0) is 9.40. The minimum atomic E-state index is -0.331. The molecule has 0 aromatic rings. The summed E-state index contributed by atoms with van der Waals surface area (Å²) in [6, 6.07) is 0. The van der Waals surface area contributed by atoms with Crippen molar-refractivity contribution in [1.82, 2.24) is 0 Å². The first-order chi connectivity index (χ1) is 5.74. The van der Waals surface area contributed by atoms with E-state index in [0.717, 1.165) is 0 Å². The smallest absolute Gasteiger partial charge is 0.311 e. The first kappa shape index (κ1) is 11.4. The van der Waals surface area contributed by atoms with E-state index in [-0.39, 0.29) is 12.4 Å². The van der Waals surface area contributed by atoms with Gasteiger partial charge in [-0.1, -0.05) is 0 Å². The van der Waals surface area contributed by atoms with E-state index in [1.807, 2.05) is 6.92 Å². The lowest BCUT2D eigenvalue weighted by Crippen LogP contribution is -2.14. The molecule has 0 spiro atoms. The fourth-order valence-electron chi connectivity index (χ4n) is 0.673. The Morgan fingerprint density at radius 1 is 1.17 bits per heavy atom. The molecule has 0 saturated heterocycles. The lowest BCUT2D eigenvalue weighted by atomic mass is 10.4. The van der Waals surface area contributed by atoms with Gasteiger partial charge in [-0.3, -0.25) is 4.79 Å². The molecule has 4 heteroatoms. The van der Waals surface area contributed by atoms with E-state index >= 15 is 0 Å². The average molecular weight is 175 g/mol. The Morgan fingerprint density at radius 3 is 2.17 bits per heavy atom. The van der Waals surface area contributed by atoms with Crippen molar-refractivity contribution in [3.63, 3.8) is 0 Å². The molecular weight excluding hydrogens is 160 g/mol. The number of hydrogen-bond donors (Lipinski definition) is 0. The van der Waals surface area contributed by atoms with Gasteiger partial charge >= 0.3 is 5.97 Å². The highest BCUT2D eigenvalue weighted by atomic mass is 16.7. The van der Waals surface area contributed by atoms with Gasteiger partial charge in [-0.25, -0.2) is 0 Å². The summed E-state index contributed by atoms with van der Waals surface area (Å²) < 4.78 is 14.5. The third-order valence-electron chi connectivity index (χ3n) is 1.13. The van der Waals surface area contributed by atoms with Crippen LogP contribution < -0.4 is 0 Å². The molecule has 0 rings (SSSR count). The summed E-state index contributed by atoms with van der Waals surface area (Å²) in [5.74, 6) is -0.331. The maximum atomic E-state index is 10.9. The number of carbonyl (C=O) groups is 1. The Balaban J connectivity index is 3.61. The fraction of sp³-hybridized carbons (Fsp3) is 0.750. The number of hydrogen-bond acceptors (Lipinski definition) is 4. The molecule has 4 nitrogen and oxygen atoms in total. The van der Waals surface area contributed by atoms with Crippen LogP contribution in [0.25, 0.3) is 0 Å². The zero-order valence-corrected chi connectivity index (χ0v) is 7.75. The lowest BCUT2D eigenvalue weighted by Gasteiger charge is -2.11. The van der Waals surface area contributed by atoms with Crippen LogP contribution >= 0.6 is 0 Å². The molecular formula is C8H15O4. The molecule has 0 N–H and O–H groups in total. The van der Waals surface area contributed by atoms with Crippen molar-refractivity contribution in [3.05, 3.63) is 6.29 Å². The van der Waals surface area contributed by atoms with E-state index in [0.29, 0.717) is 19.5 Å². The minimum Gasteiger partial charge on any atom is -0.466 e. The minimum absolute atomic E-state index is 0.0676. The van der Waals surface area contributed by atoms with Crippen LogP contribution in [0.15, 0.2) is 0 Å². The highest BCUT2D eigenvalue weighted by molar-refractivity contribution is 5.70. The van der Waals surface area contributed by atoms with Gasteiger partial charge in [0.25, 0.3) is 0 Å². The maximum absolute atomic E-state index is 10.9. The van der Waals surface area contributed by atoms with E-state index in [2.05, 4.69) is 0 Å². The summed E-state index contributed by atoms with van der Waals surface area (Å²) in [7, 11) is 1.46. The molecule has 1 radical (unpaired) electrons. The van der Waals surface area contributed by atoms with Gasteiger partial charge in [-0.05, 0) is 13.8 Å². The number of rotatable bonds is 6. The van der Waals surface area contributed by atoms with E-state index in [9.17, 15) is 4.79 Å². The van der Waals surface area contributed by atoms with Crippen LogP contribution in [0.1, 0.15) is 20.3 Å². The van der Waals surface area contributed by atoms with Gasteiger partial charge in [0.1, 0.15) is 6.42 Å². The van der Waals surface area contributed by atoms with Crippen molar-refractivity contribution in [1.29, 1.82) is 0 Å². The quantitative estimate of drug-likeness (QED) is 0.567. The van der Waals surface area contributed by atoms with E-state index in [1.54, 1.807) is 6.92 Å². The van der Waals surface area contributed by atoms with Crippen molar-refractivity contribution in [2.75, 3.05) is 20.3 Å². The van der Waals surface area contributed by atoms with Crippen LogP contribution in [0, 0.1) is 6.29 Å². The van der Waals surface area contributed by atoms with Crippen molar-refractivity contribution >= 4 is 5.97 Å². The van der Waals surface area contributed by atoms with Gasteiger partial charge in [0.15, 0.2) is 0 Å². The van der Waals surface area contributed by atoms with Crippen LogP contribution in [-0.2, 0) is 19.0 Å². The van der Waals surface area contributed by atoms with Crippen molar-refractivity contribution < 1.29 is 19.0 Å². The summed E-state index contributed by atoms with van der Waals surface area (Å²) in [6.07, 6.45) is 0.369. The molecule has 0 atom stereocenters. The molecule has 0 unspecified atom stereocenters. The molecule has 0 bridgehead atoms. The Hall–Kier alpha value is -0.610. The predicted octanol–water partition coefficient (Wildman–Crippen LogP) is 1.11. The van der Waals surface area contributed by atoms with E-state index in [1.165, 1.54) is 7.11 Å². The summed E-state index contributed by atoms with van der Waals surface area (Å²) in [6.45, 7) is 4.44. The van der Waals surface area contributed by atoms with Gasteiger partial charge in [-0.15, -0.1) is 0 Å². The Labute approximate surface area is 72.8 Å². The third kappa shape index (κ3) is 5.09. The molecule has 0 aromatic carbocycles. The normalized spacial score (nSPS) is 10.3. The van der Waals surface area contributed by atoms with Crippen molar-refractivity contribution in [2.45, 2.75) is 20.3 Å². The predicted molar refractivity (Wildman–Crippen MR) is 43.1 cm³/mol. The molecule has 0 fully saturated rings. The Bertz CT molecular complexity index is 124. The monoisotopic (exact) mass is 175 g/mol. The topological polar surface area (TPSA) is 44.8 Å². The number of carbonyl (C=O) groups excluding carboxylic acids is 1. The summed E-state index contributed by atoms with van der Waals surface area (Å²) in [5.41, 5.74) is 0. The molecule has 0 aliphatic rings. The Morgan fingerprint density at radius 2 is 1.75 bits per heavy atom. The molecule has 0 heterocycles. The van der Waals surface area contributed by atoms with Gasteiger partial charge in [0.05, 0.1) is 6.61 Å². The largest absolute Gasteiger partial charge is 0.466 e. The second-order valence-electron chi connectivity index (χ2n) is 1.99. The number of ether oxygens (including phenoxy) is 3. The van der Waals surface area contributed by atoms with Gasteiger partial charge < -0.3 is 14.2 Å². The molecule has 0 aromatic heterocycles. The van der Waals surface area contributed by atoms with Crippen LogP contribution in [0.2, 0.25) is 0 Å².